The number of rotatable bonds is 3. The molecule has 0 unspecified atom stereocenters. The zero-order valence-electron chi connectivity index (χ0n) is 12.7. The summed E-state index contributed by atoms with van der Waals surface area (Å²) >= 11 is 0. The SMILES string of the molecule is COc1ccc2[nH]c(-c3ccc4ccccc4c3C=O)cc2c1. The van der Waals surface area contributed by atoms with Gasteiger partial charge in [-0.25, -0.2) is 0 Å². The molecule has 3 aromatic carbocycles. The summed E-state index contributed by atoms with van der Waals surface area (Å²) < 4.78 is 5.27. The smallest absolute Gasteiger partial charge is 0.151 e. The number of H-pyrrole nitrogens is 1. The molecule has 1 N–H and O–H groups in total. The van der Waals surface area contributed by atoms with Gasteiger partial charge in [0.2, 0.25) is 0 Å². The fraction of sp³-hybridized carbons (Fsp3) is 0.0500. The van der Waals surface area contributed by atoms with E-state index in [1.54, 1.807) is 7.11 Å². The lowest BCUT2D eigenvalue weighted by Gasteiger charge is -2.07. The third-order valence-electron chi connectivity index (χ3n) is 4.21. The summed E-state index contributed by atoms with van der Waals surface area (Å²) in [4.78, 5) is 15.1. The Balaban J connectivity index is 1.96. The summed E-state index contributed by atoms with van der Waals surface area (Å²) in [6, 6.07) is 19.9. The number of carbonyl (C=O) groups is 1. The van der Waals surface area contributed by atoms with Crippen LogP contribution in [-0.2, 0) is 0 Å². The molecule has 0 atom stereocenters. The number of aldehydes is 1. The second-order valence-electron chi connectivity index (χ2n) is 5.50. The van der Waals surface area contributed by atoms with Gasteiger partial charge in [0, 0.05) is 27.7 Å². The monoisotopic (exact) mass is 301 g/mol. The van der Waals surface area contributed by atoms with Gasteiger partial charge in [0.1, 0.15) is 5.75 Å². The van der Waals surface area contributed by atoms with Crippen LogP contribution in [0.3, 0.4) is 0 Å². The maximum Gasteiger partial charge on any atom is 0.151 e. The molecule has 0 aliphatic carbocycles. The summed E-state index contributed by atoms with van der Waals surface area (Å²) in [6.45, 7) is 0. The van der Waals surface area contributed by atoms with Gasteiger partial charge in [0.05, 0.1) is 7.11 Å². The molecule has 4 aromatic rings. The Morgan fingerprint density at radius 3 is 2.65 bits per heavy atom. The van der Waals surface area contributed by atoms with Crippen LogP contribution >= 0.6 is 0 Å². The van der Waals surface area contributed by atoms with E-state index in [9.17, 15) is 4.79 Å². The summed E-state index contributed by atoms with van der Waals surface area (Å²) in [5.74, 6) is 0.817. The van der Waals surface area contributed by atoms with Crippen LogP contribution in [-0.4, -0.2) is 18.4 Å². The standard InChI is InChI=1S/C20H15NO2/c1-23-15-7-9-19-14(10-15)11-20(21-19)17-8-6-13-4-2-3-5-16(13)18(17)12-22/h2-12,21H,1H3. The zero-order valence-corrected chi connectivity index (χ0v) is 12.7. The van der Waals surface area contributed by atoms with Gasteiger partial charge in [-0.1, -0.05) is 36.4 Å². The van der Waals surface area contributed by atoms with Crippen molar-refractivity contribution in [1.82, 2.24) is 4.98 Å². The van der Waals surface area contributed by atoms with Gasteiger partial charge in [-0.05, 0) is 35.0 Å². The molecule has 0 bridgehead atoms. The van der Waals surface area contributed by atoms with E-state index in [-0.39, 0.29) is 0 Å². The Hall–Kier alpha value is -3.07. The highest BCUT2D eigenvalue weighted by Crippen LogP contribution is 2.32. The van der Waals surface area contributed by atoms with E-state index in [0.29, 0.717) is 5.56 Å². The van der Waals surface area contributed by atoms with Crippen molar-refractivity contribution in [3.05, 3.63) is 66.2 Å². The fourth-order valence-corrected chi connectivity index (χ4v) is 3.04. The molecule has 3 heteroatoms. The fourth-order valence-electron chi connectivity index (χ4n) is 3.04. The first-order valence-corrected chi connectivity index (χ1v) is 7.44. The normalized spacial score (nSPS) is 11.0. The van der Waals surface area contributed by atoms with Gasteiger partial charge in [-0.3, -0.25) is 4.79 Å². The van der Waals surface area contributed by atoms with Crippen LogP contribution < -0.4 is 4.74 Å². The molecule has 3 nitrogen and oxygen atoms in total. The van der Waals surface area contributed by atoms with Gasteiger partial charge in [-0.2, -0.15) is 0 Å². The highest BCUT2D eigenvalue weighted by atomic mass is 16.5. The largest absolute Gasteiger partial charge is 0.497 e. The zero-order chi connectivity index (χ0) is 15.8. The topological polar surface area (TPSA) is 42.1 Å². The first kappa shape index (κ1) is 13.6. The summed E-state index contributed by atoms with van der Waals surface area (Å²) in [5, 5.41) is 3.09. The Bertz CT molecular complexity index is 1030. The molecule has 0 aliphatic heterocycles. The van der Waals surface area contributed by atoms with Crippen LogP contribution in [0, 0.1) is 0 Å². The number of ether oxygens (including phenoxy) is 1. The van der Waals surface area contributed by atoms with Crippen molar-refractivity contribution >= 4 is 28.0 Å². The van der Waals surface area contributed by atoms with Crippen molar-refractivity contribution in [2.45, 2.75) is 0 Å². The molecular formula is C20H15NO2. The first-order chi connectivity index (χ1) is 11.3. The van der Waals surface area contributed by atoms with Crippen LogP contribution in [0.25, 0.3) is 32.9 Å². The predicted octanol–water partition coefficient (Wildman–Crippen LogP) is 4.81. The van der Waals surface area contributed by atoms with E-state index in [1.807, 2.05) is 54.6 Å². The van der Waals surface area contributed by atoms with Gasteiger partial charge < -0.3 is 9.72 Å². The number of carbonyl (C=O) groups excluding carboxylic acids is 1. The van der Waals surface area contributed by atoms with Crippen molar-refractivity contribution in [2.24, 2.45) is 0 Å². The number of aromatic amines is 1. The van der Waals surface area contributed by atoms with E-state index in [0.717, 1.165) is 45.0 Å². The summed E-state index contributed by atoms with van der Waals surface area (Å²) in [5.41, 5.74) is 3.57. The number of methoxy groups -OCH3 is 1. The minimum absolute atomic E-state index is 0.710. The third-order valence-corrected chi connectivity index (χ3v) is 4.21. The number of aromatic nitrogens is 1. The number of hydrogen-bond acceptors (Lipinski definition) is 2. The Morgan fingerprint density at radius 1 is 0.957 bits per heavy atom. The second-order valence-corrected chi connectivity index (χ2v) is 5.50. The number of fused-ring (bicyclic) bond motifs is 2. The molecule has 0 fully saturated rings. The molecule has 0 saturated heterocycles. The molecule has 112 valence electrons. The lowest BCUT2D eigenvalue weighted by Crippen LogP contribution is -1.90. The summed E-state index contributed by atoms with van der Waals surface area (Å²) in [7, 11) is 1.66. The first-order valence-electron chi connectivity index (χ1n) is 7.44. The Kier molecular flexibility index (Phi) is 3.12. The molecule has 4 rings (SSSR count). The minimum atomic E-state index is 0.710. The van der Waals surface area contributed by atoms with E-state index in [4.69, 9.17) is 4.74 Å². The van der Waals surface area contributed by atoms with Crippen LogP contribution in [0.4, 0.5) is 0 Å². The molecule has 0 saturated carbocycles. The molecule has 0 spiro atoms. The van der Waals surface area contributed by atoms with E-state index in [1.165, 1.54) is 0 Å². The molecule has 1 aromatic heterocycles. The lowest BCUT2D eigenvalue weighted by atomic mass is 9.98. The number of hydrogen-bond donors (Lipinski definition) is 1. The molecule has 0 radical (unpaired) electrons. The molecular weight excluding hydrogens is 286 g/mol. The highest BCUT2D eigenvalue weighted by molar-refractivity contribution is 6.05. The van der Waals surface area contributed by atoms with E-state index in [2.05, 4.69) is 11.1 Å². The highest BCUT2D eigenvalue weighted by Gasteiger charge is 2.11. The minimum Gasteiger partial charge on any atom is -0.497 e. The van der Waals surface area contributed by atoms with Crippen molar-refractivity contribution < 1.29 is 9.53 Å². The van der Waals surface area contributed by atoms with Crippen molar-refractivity contribution in [1.29, 1.82) is 0 Å². The van der Waals surface area contributed by atoms with Gasteiger partial charge in [0.25, 0.3) is 0 Å². The van der Waals surface area contributed by atoms with Crippen LogP contribution in [0.2, 0.25) is 0 Å². The van der Waals surface area contributed by atoms with Crippen molar-refractivity contribution in [3.63, 3.8) is 0 Å². The average Bonchev–Trinajstić information content (AvgIpc) is 3.03. The van der Waals surface area contributed by atoms with Gasteiger partial charge >= 0.3 is 0 Å². The maximum absolute atomic E-state index is 11.7. The Labute approximate surface area is 133 Å². The molecule has 1 heterocycles. The quantitative estimate of drug-likeness (QED) is 0.552. The number of benzene rings is 3. The second kappa shape index (κ2) is 5.29. The van der Waals surface area contributed by atoms with Crippen molar-refractivity contribution in [3.8, 4) is 17.0 Å². The van der Waals surface area contributed by atoms with Gasteiger partial charge in [-0.15, -0.1) is 0 Å². The maximum atomic E-state index is 11.7. The van der Waals surface area contributed by atoms with E-state index >= 15 is 0 Å². The van der Waals surface area contributed by atoms with Crippen molar-refractivity contribution in [2.75, 3.05) is 7.11 Å². The van der Waals surface area contributed by atoms with Crippen LogP contribution in [0.15, 0.2) is 60.7 Å². The predicted molar refractivity (Wildman–Crippen MR) is 93.2 cm³/mol. The summed E-state index contributed by atoms with van der Waals surface area (Å²) in [6.07, 6.45) is 0.934. The third kappa shape index (κ3) is 2.18. The van der Waals surface area contributed by atoms with Crippen LogP contribution in [0.1, 0.15) is 10.4 Å². The average molecular weight is 301 g/mol. The lowest BCUT2D eigenvalue weighted by molar-refractivity contribution is 0.112. The van der Waals surface area contributed by atoms with Gasteiger partial charge in [0.15, 0.2) is 6.29 Å². The number of nitrogens with one attached hydrogen (secondary N) is 1. The van der Waals surface area contributed by atoms with E-state index < -0.39 is 0 Å². The molecule has 0 aliphatic rings. The Morgan fingerprint density at radius 2 is 1.83 bits per heavy atom. The molecule has 23 heavy (non-hydrogen) atoms. The van der Waals surface area contributed by atoms with Crippen LogP contribution in [0.5, 0.6) is 5.75 Å². The molecule has 0 amide bonds.